The fourth-order valence-corrected chi connectivity index (χ4v) is 1.15. The molecule has 1 heterocycles. The summed E-state index contributed by atoms with van der Waals surface area (Å²) in [5.41, 5.74) is 2.31. The van der Waals surface area contributed by atoms with E-state index in [0.717, 1.165) is 11.4 Å². The van der Waals surface area contributed by atoms with Crippen molar-refractivity contribution in [3.05, 3.63) is 42.7 Å². The molecule has 1 aromatic carbocycles. The molecule has 0 spiro atoms. The summed E-state index contributed by atoms with van der Waals surface area (Å²) in [5, 5.41) is 0. The van der Waals surface area contributed by atoms with E-state index in [2.05, 4.69) is 29.9 Å². The summed E-state index contributed by atoms with van der Waals surface area (Å²) in [7, 11) is 2.07. The Balaban J connectivity index is 2.42. The first kappa shape index (κ1) is 7.99. The maximum Gasteiger partial charge on any atom is 0.159 e. The average molecular weight is 168 g/mol. The molecule has 2 aromatic rings. The molecule has 1 aromatic heterocycles. The normalized spacial score (nSPS) is 9.85. The Bertz CT molecular complexity index is 383. The van der Waals surface area contributed by atoms with Crippen molar-refractivity contribution in [2.75, 3.05) is 0 Å². The van der Waals surface area contributed by atoms with Gasteiger partial charge in [0.05, 0.1) is 0 Å². The molecule has 0 amide bonds. The Hall–Kier alpha value is -1.64. The van der Waals surface area contributed by atoms with Crippen LogP contribution < -0.4 is 5.46 Å². The first-order chi connectivity index (χ1) is 6.36. The average Bonchev–Trinajstić information content (AvgIpc) is 2.20. The molecule has 0 unspecified atom stereocenters. The highest BCUT2D eigenvalue weighted by atomic mass is 14.8. The molecule has 0 fully saturated rings. The second-order valence-corrected chi connectivity index (χ2v) is 2.94. The van der Waals surface area contributed by atoms with Gasteiger partial charge in [-0.25, -0.2) is 9.97 Å². The highest BCUT2D eigenvalue weighted by Crippen LogP contribution is 2.10. The molecule has 0 atom stereocenters. The van der Waals surface area contributed by atoms with Gasteiger partial charge in [0.1, 0.15) is 7.85 Å². The minimum Gasteiger partial charge on any atom is -0.237 e. The zero-order valence-electron chi connectivity index (χ0n) is 7.44. The van der Waals surface area contributed by atoms with Gasteiger partial charge in [0.15, 0.2) is 5.82 Å². The minimum atomic E-state index is 0.780. The molecule has 0 saturated heterocycles. The predicted molar refractivity (Wildman–Crippen MR) is 55.6 cm³/mol. The van der Waals surface area contributed by atoms with E-state index in [0.29, 0.717) is 0 Å². The van der Waals surface area contributed by atoms with Crippen LogP contribution in [0.3, 0.4) is 0 Å². The van der Waals surface area contributed by atoms with Crippen LogP contribution in [0.2, 0.25) is 0 Å². The van der Waals surface area contributed by atoms with E-state index in [-0.39, 0.29) is 0 Å². The summed E-state index contributed by atoms with van der Waals surface area (Å²) in [6, 6.07) is 10.0. The Labute approximate surface area is 78.1 Å². The molecule has 0 radical (unpaired) electrons. The first-order valence-corrected chi connectivity index (χ1v) is 4.20. The Morgan fingerprint density at radius 1 is 0.923 bits per heavy atom. The predicted octanol–water partition coefficient (Wildman–Crippen LogP) is 0.402. The summed E-state index contributed by atoms with van der Waals surface area (Å²) in [4.78, 5) is 8.34. The van der Waals surface area contributed by atoms with Crippen molar-refractivity contribution in [3.63, 3.8) is 0 Å². The Morgan fingerprint density at radius 2 is 1.54 bits per heavy atom. The quantitative estimate of drug-likeness (QED) is 0.576. The first-order valence-electron chi connectivity index (χ1n) is 4.20. The topological polar surface area (TPSA) is 25.8 Å². The molecule has 0 saturated carbocycles. The lowest BCUT2D eigenvalue weighted by Crippen LogP contribution is -1.99. The van der Waals surface area contributed by atoms with E-state index in [4.69, 9.17) is 0 Å². The summed E-state index contributed by atoms with van der Waals surface area (Å²) in [6.45, 7) is 0. The van der Waals surface area contributed by atoms with Gasteiger partial charge in [-0.1, -0.05) is 29.7 Å². The van der Waals surface area contributed by atoms with Gasteiger partial charge in [-0.2, -0.15) is 0 Å². The van der Waals surface area contributed by atoms with Crippen LogP contribution in [0, 0.1) is 0 Å². The number of aromatic nitrogens is 2. The standard InChI is InChI=1S/C10H9BN2/c11-9-4-2-8(3-5-9)10-12-6-1-7-13-10/h1-7H,11H2. The molecule has 2 nitrogen and oxygen atoms in total. The largest absolute Gasteiger partial charge is 0.237 e. The molecule has 0 bridgehead atoms. The van der Waals surface area contributed by atoms with Crippen LogP contribution in [0.4, 0.5) is 0 Å². The molecular formula is C10H9BN2. The van der Waals surface area contributed by atoms with E-state index in [1.54, 1.807) is 12.4 Å². The van der Waals surface area contributed by atoms with Crippen molar-refractivity contribution < 1.29 is 0 Å². The monoisotopic (exact) mass is 168 g/mol. The smallest absolute Gasteiger partial charge is 0.159 e. The number of benzene rings is 1. The molecular weight excluding hydrogens is 159 g/mol. The van der Waals surface area contributed by atoms with Crippen LogP contribution in [0.5, 0.6) is 0 Å². The van der Waals surface area contributed by atoms with Gasteiger partial charge in [-0.3, -0.25) is 0 Å². The van der Waals surface area contributed by atoms with Crippen molar-refractivity contribution in [2.45, 2.75) is 0 Å². The van der Waals surface area contributed by atoms with Crippen molar-refractivity contribution in [3.8, 4) is 11.4 Å². The Kier molecular flexibility index (Phi) is 2.09. The van der Waals surface area contributed by atoms with Crippen molar-refractivity contribution in [2.24, 2.45) is 0 Å². The second kappa shape index (κ2) is 3.39. The third-order valence-corrected chi connectivity index (χ3v) is 1.88. The van der Waals surface area contributed by atoms with E-state index >= 15 is 0 Å². The highest BCUT2D eigenvalue weighted by molar-refractivity contribution is 6.32. The van der Waals surface area contributed by atoms with Gasteiger partial charge in [0, 0.05) is 18.0 Å². The molecule has 0 aliphatic rings. The zero-order valence-corrected chi connectivity index (χ0v) is 7.44. The van der Waals surface area contributed by atoms with Gasteiger partial charge in [0.25, 0.3) is 0 Å². The van der Waals surface area contributed by atoms with Crippen LogP contribution in [-0.2, 0) is 0 Å². The van der Waals surface area contributed by atoms with Crippen LogP contribution in [0.25, 0.3) is 11.4 Å². The fraction of sp³-hybridized carbons (Fsp3) is 0. The van der Waals surface area contributed by atoms with E-state index in [1.807, 2.05) is 18.2 Å². The number of rotatable bonds is 1. The van der Waals surface area contributed by atoms with Crippen LogP contribution in [-0.4, -0.2) is 17.8 Å². The molecule has 0 aliphatic heterocycles. The van der Waals surface area contributed by atoms with Gasteiger partial charge >= 0.3 is 0 Å². The lowest BCUT2D eigenvalue weighted by molar-refractivity contribution is 1.18. The fourth-order valence-electron chi connectivity index (χ4n) is 1.15. The Morgan fingerprint density at radius 3 is 2.15 bits per heavy atom. The number of hydrogen-bond donors (Lipinski definition) is 0. The van der Waals surface area contributed by atoms with Crippen molar-refractivity contribution >= 4 is 13.3 Å². The lowest BCUT2D eigenvalue weighted by Gasteiger charge is -1.98. The van der Waals surface area contributed by atoms with Crippen molar-refractivity contribution in [1.29, 1.82) is 0 Å². The van der Waals surface area contributed by atoms with Crippen molar-refractivity contribution in [1.82, 2.24) is 9.97 Å². The molecule has 0 aliphatic carbocycles. The molecule has 2 rings (SSSR count). The molecule has 13 heavy (non-hydrogen) atoms. The van der Waals surface area contributed by atoms with Gasteiger partial charge in [0.2, 0.25) is 0 Å². The molecule has 62 valence electrons. The second-order valence-electron chi connectivity index (χ2n) is 2.94. The van der Waals surface area contributed by atoms with Gasteiger partial charge in [-0.15, -0.1) is 0 Å². The van der Waals surface area contributed by atoms with E-state index < -0.39 is 0 Å². The van der Waals surface area contributed by atoms with Crippen LogP contribution in [0.1, 0.15) is 0 Å². The summed E-state index contributed by atoms with van der Waals surface area (Å²) >= 11 is 0. The minimum absolute atomic E-state index is 0.780. The van der Waals surface area contributed by atoms with Crippen LogP contribution in [0.15, 0.2) is 42.7 Å². The summed E-state index contributed by atoms with van der Waals surface area (Å²) in [6.07, 6.45) is 3.50. The zero-order chi connectivity index (χ0) is 9.10. The van der Waals surface area contributed by atoms with Gasteiger partial charge in [-0.05, 0) is 6.07 Å². The summed E-state index contributed by atoms with van der Waals surface area (Å²) < 4.78 is 0. The van der Waals surface area contributed by atoms with Crippen LogP contribution >= 0.6 is 0 Å². The van der Waals surface area contributed by atoms with Gasteiger partial charge < -0.3 is 0 Å². The lowest BCUT2D eigenvalue weighted by atomic mass is 9.95. The highest BCUT2D eigenvalue weighted by Gasteiger charge is 1.97. The third kappa shape index (κ3) is 1.75. The maximum atomic E-state index is 4.17. The van der Waals surface area contributed by atoms with E-state index in [9.17, 15) is 0 Å². The third-order valence-electron chi connectivity index (χ3n) is 1.88. The molecule has 3 heteroatoms. The summed E-state index contributed by atoms with van der Waals surface area (Å²) in [5.74, 6) is 0.780. The number of nitrogens with zero attached hydrogens (tertiary/aromatic N) is 2. The number of hydrogen-bond acceptors (Lipinski definition) is 2. The van der Waals surface area contributed by atoms with E-state index in [1.165, 1.54) is 5.46 Å². The SMILES string of the molecule is Bc1ccc(-c2ncccn2)cc1. The molecule has 0 N–H and O–H groups in total. The maximum absolute atomic E-state index is 4.17.